The van der Waals surface area contributed by atoms with Crippen LogP contribution in [0.3, 0.4) is 0 Å². The first-order valence-corrected chi connectivity index (χ1v) is 12.3. The molecule has 0 saturated carbocycles. The van der Waals surface area contributed by atoms with Crippen LogP contribution in [-0.2, 0) is 35.5 Å². The molecule has 0 radical (unpaired) electrons. The molecule has 0 bridgehead atoms. The topological polar surface area (TPSA) is 152 Å². The molecule has 33 heavy (non-hydrogen) atoms. The molecule has 1 unspecified atom stereocenters. The number of Topliss-reactive ketones (excluding diaryl/α,β-unsaturated/α-hetero) is 1. The zero-order valence-corrected chi connectivity index (χ0v) is 19.9. The lowest BCUT2D eigenvalue weighted by molar-refractivity contribution is 0.0780. The van der Waals surface area contributed by atoms with Crippen molar-refractivity contribution in [2.24, 2.45) is 22.8 Å². The fourth-order valence-corrected chi connectivity index (χ4v) is 6.10. The second kappa shape index (κ2) is 8.44. The fraction of sp³-hybridized carbons (Fsp3) is 0.421. The van der Waals surface area contributed by atoms with Crippen molar-refractivity contribution in [1.82, 2.24) is 18.3 Å². The Morgan fingerprint density at radius 3 is 2.42 bits per heavy atom. The van der Waals surface area contributed by atoms with Gasteiger partial charge in [0.2, 0.25) is 10.0 Å². The number of ketones is 1. The summed E-state index contributed by atoms with van der Waals surface area (Å²) >= 11 is 0.953. The zero-order valence-electron chi connectivity index (χ0n) is 18.3. The number of aromatic nitrogens is 2. The molecule has 1 atom stereocenters. The minimum atomic E-state index is -3.80. The maximum atomic E-state index is 13.2. The standard InChI is InChI=1S/C19H23N7O5S2/c1-11(16(27)14-17(20)23(2)19(29)24(3)18(14)28)25-7-9-26(10-8-25)33(30,31)13-6-4-5-12-15(13)22-32-21-12/h4-6,11H,7-10,20H2,1-3H3. The second-order valence-corrected chi connectivity index (χ2v) is 10.3. The number of nitrogens with two attached hydrogens (primary N) is 1. The normalized spacial score (nSPS) is 17.5. The van der Waals surface area contributed by atoms with Crippen LogP contribution in [0.5, 0.6) is 0 Å². The van der Waals surface area contributed by atoms with Crippen LogP contribution in [0.2, 0.25) is 0 Å². The number of anilines is 1. The van der Waals surface area contributed by atoms with E-state index in [-0.39, 0.29) is 42.5 Å². The van der Waals surface area contributed by atoms with Gasteiger partial charge in [0.25, 0.3) is 5.56 Å². The zero-order chi connectivity index (χ0) is 24.1. The molecule has 4 rings (SSSR count). The van der Waals surface area contributed by atoms with Crippen LogP contribution in [0.15, 0.2) is 41.4 Å². The molecule has 3 heterocycles. The van der Waals surface area contributed by atoms with Crippen molar-refractivity contribution in [1.29, 1.82) is 0 Å². The Labute approximate surface area is 193 Å². The number of fused-ring (bicyclic) bond motifs is 1. The van der Waals surface area contributed by atoms with Gasteiger partial charge in [0, 0.05) is 40.3 Å². The van der Waals surface area contributed by atoms with E-state index in [1.54, 1.807) is 24.0 Å². The third kappa shape index (κ3) is 3.78. The number of piperazine rings is 1. The van der Waals surface area contributed by atoms with E-state index in [2.05, 4.69) is 8.73 Å². The summed E-state index contributed by atoms with van der Waals surface area (Å²) in [4.78, 5) is 39.6. The molecule has 2 aliphatic heterocycles. The average Bonchev–Trinajstić information content (AvgIpc) is 3.30. The minimum absolute atomic E-state index is 0.104. The van der Waals surface area contributed by atoms with Gasteiger partial charge in [-0.05, 0) is 19.1 Å². The lowest BCUT2D eigenvalue weighted by Crippen LogP contribution is -2.54. The van der Waals surface area contributed by atoms with Gasteiger partial charge in [0.05, 0.1) is 17.4 Å². The highest BCUT2D eigenvalue weighted by atomic mass is 32.2. The van der Waals surface area contributed by atoms with Gasteiger partial charge < -0.3 is 5.73 Å². The number of rotatable bonds is 5. The number of nitrogen functional groups attached to an aromatic ring is 1. The summed E-state index contributed by atoms with van der Waals surface area (Å²) in [6.45, 7) is 2.52. The van der Waals surface area contributed by atoms with E-state index >= 15 is 0 Å². The predicted molar refractivity (Wildman–Crippen MR) is 123 cm³/mol. The summed E-state index contributed by atoms with van der Waals surface area (Å²) in [5.74, 6) is -0.704. The molecule has 0 spiro atoms. The number of benzene rings is 1. The molecule has 0 aliphatic carbocycles. The SMILES string of the molecule is CC(C(=O)c1c(N)n(C)c(=O)n(C)c1=O)N1CCN(S(=O)(=O)c2cccc3c2N=S=N3)CC1. The summed E-state index contributed by atoms with van der Waals surface area (Å²) in [6, 6.07) is 4.12. The van der Waals surface area contributed by atoms with Gasteiger partial charge in [-0.15, -0.1) is 0 Å². The van der Waals surface area contributed by atoms with Crippen LogP contribution >= 0.6 is 0 Å². The van der Waals surface area contributed by atoms with Gasteiger partial charge >= 0.3 is 5.69 Å². The number of carbonyl (C=O) groups excluding carboxylic acids is 1. The van der Waals surface area contributed by atoms with Gasteiger partial charge in [-0.3, -0.25) is 23.6 Å². The molecule has 1 saturated heterocycles. The molecule has 12 nitrogen and oxygen atoms in total. The number of hydrogen-bond donors (Lipinski definition) is 1. The molecule has 2 aromatic rings. The monoisotopic (exact) mass is 493 g/mol. The Bertz CT molecular complexity index is 1450. The van der Waals surface area contributed by atoms with E-state index in [1.165, 1.54) is 24.5 Å². The fourth-order valence-electron chi connectivity index (χ4n) is 3.93. The first-order valence-electron chi connectivity index (χ1n) is 10.1. The molecule has 1 aromatic heterocycles. The summed E-state index contributed by atoms with van der Waals surface area (Å²) in [6.07, 6.45) is 0. The smallest absolute Gasteiger partial charge is 0.332 e. The van der Waals surface area contributed by atoms with Crippen molar-refractivity contribution in [3.63, 3.8) is 0 Å². The first-order chi connectivity index (χ1) is 15.6. The molecule has 1 aromatic carbocycles. The van der Waals surface area contributed by atoms with E-state index in [4.69, 9.17) is 5.73 Å². The van der Waals surface area contributed by atoms with E-state index in [0.717, 1.165) is 20.5 Å². The number of nitrogens with zero attached hydrogens (tertiary/aromatic N) is 6. The lowest BCUT2D eigenvalue weighted by atomic mass is 10.1. The van der Waals surface area contributed by atoms with E-state index in [9.17, 15) is 22.8 Å². The third-order valence-electron chi connectivity index (χ3n) is 6.02. The third-order valence-corrected chi connectivity index (χ3v) is 8.50. The van der Waals surface area contributed by atoms with Gasteiger partial charge in [-0.1, -0.05) is 6.07 Å². The Balaban J connectivity index is 1.53. The minimum Gasteiger partial charge on any atom is -0.384 e. The summed E-state index contributed by atoms with van der Waals surface area (Å²) in [5, 5.41) is 0. The highest BCUT2D eigenvalue weighted by Crippen LogP contribution is 2.38. The average molecular weight is 494 g/mol. The summed E-state index contributed by atoms with van der Waals surface area (Å²) < 4.78 is 37.9. The number of hydrogen-bond acceptors (Lipinski definition) is 9. The van der Waals surface area contributed by atoms with Gasteiger partial charge in [0.1, 0.15) is 27.7 Å². The molecule has 2 N–H and O–H groups in total. The van der Waals surface area contributed by atoms with E-state index in [0.29, 0.717) is 11.4 Å². The molecule has 14 heteroatoms. The Morgan fingerprint density at radius 1 is 1.09 bits per heavy atom. The van der Waals surface area contributed by atoms with E-state index in [1.807, 2.05) is 0 Å². The quantitative estimate of drug-likeness (QED) is 0.490. The molecule has 176 valence electrons. The highest BCUT2D eigenvalue weighted by Gasteiger charge is 2.35. The van der Waals surface area contributed by atoms with Crippen LogP contribution in [0.1, 0.15) is 17.3 Å². The van der Waals surface area contributed by atoms with Crippen molar-refractivity contribution >= 4 is 44.4 Å². The molecule has 1 fully saturated rings. The maximum Gasteiger partial charge on any atom is 0.332 e. The van der Waals surface area contributed by atoms with E-state index < -0.39 is 33.1 Å². The summed E-state index contributed by atoms with van der Waals surface area (Å²) in [5.41, 5.74) is 5.16. The maximum absolute atomic E-state index is 13.2. The van der Waals surface area contributed by atoms with Crippen LogP contribution in [0.4, 0.5) is 17.2 Å². The van der Waals surface area contributed by atoms with Gasteiger partial charge in [-0.2, -0.15) is 13.0 Å². The van der Waals surface area contributed by atoms with Crippen molar-refractivity contribution in [3.05, 3.63) is 44.6 Å². The van der Waals surface area contributed by atoms with Crippen molar-refractivity contribution in [3.8, 4) is 0 Å². The number of carbonyl (C=O) groups is 1. The Morgan fingerprint density at radius 2 is 1.76 bits per heavy atom. The molecule has 0 amide bonds. The van der Waals surface area contributed by atoms with Gasteiger partial charge in [-0.25, -0.2) is 13.2 Å². The van der Waals surface area contributed by atoms with Crippen molar-refractivity contribution in [2.45, 2.75) is 17.9 Å². The van der Waals surface area contributed by atoms with Crippen molar-refractivity contribution < 1.29 is 13.2 Å². The van der Waals surface area contributed by atoms with Crippen molar-refractivity contribution in [2.75, 3.05) is 31.9 Å². The van der Waals surface area contributed by atoms with Crippen LogP contribution in [0, 0.1) is 0 Å². The highest BCUT2D eigenvalue weighted by molar-refractivity contribution is 7.89. The number of sulfonamides is 1. The molecular weight excluding hydrogens is 470 g/mol. The van der Waals surface area contributed by atoms with Gasteiger partial charge in [0.15, 0.2) is 5.78 Å². The van der Waals surface area contributed by atoms with Crippen LogP contribution in [0.25, 0.3) is 0 Å². The lowest BCUT2D eigenvalue weighted by Gasteiger charge is -2.36. The second-order valence-electron chi connectivity index (χ2n) is 7.83. The first kappa shape index (κ1) is 23.2. The van der Waals surface area contributed by atoms with Crippen LogP contribution in [-0.4, -0.2) is 64.8 Å². The summed E-state index contributed by atoms with van der Waals surface area (Å²) in [7, 11) is -1.12. The Hall–Kier alpha value is -2.94. The predicted octanol–water partition coefficient (Wildman–Crippen LogP) is -0.0297. The Kier molecular flexibility index (Phi) is 5.94. The molecule has 2 aliphatic rings. The molecular formula is C19H23N7O5S2. The van der Waals surface area contributed by atoms with Crippen LogP contribution < -0.4 is 17.0 Å². The largest absolute Gasteiger partial charge is 0.384 e.